The predicted octanol–water partition coefficient (Wildman–Crippen LogP) is 0.854. The Hall–Kier alpha value is -3.26. The van der Waals surface area contributed by atoms with E-state index in [1.807, 2.05) is 24.3 Å². The van der Waals surface area contributed by atoms with Crippen molar-refractivity contribution in [1.29, 1.82) is 0 Å². The van der Waals surface area contributed by atoms with Crippen molar-refractivity contribution in [2.75, 3.05) is 19.8 Å². The summed E-state index contributed by atoms with van der Waals surface area (Å²) in [6.07, 6.45) is 1.39. The van der Waals surface area contributed by atoms with E-state index in [2.05, 4.69) is 10.1 Å². The molecule has 2 N–H and O–H groups in total. The van der Waals surface area contributed by atoms with E-state index in [1.165, 1.54) is 6.33 Å². The fraction of sp³-hybridized carbons (Fsp3) is 0.222. The number of ether oxygens (including phenoxy) is 1. The van der Waals surface area contributed by atoms with E-state index in [9.17, 15) is 9.59 Å². The van der Waals surface area contributed by atoms with Gasteiger partial charge in [-0.25, -0.2) is 9.50 Å². The number of hydrogen-bond donors (Lipinski definition) is 1. The lowest BCUT2D eigenvalue weighted by Crippen LogP contribution is -2.40. The van der Waals surface area contributed by atoms with Gasteiger partial charge in [0.05, 0.1) is 17.9 Å². The molecule has 132 valence electrons. The topological polar surface area (TPSA) is 103 Å². The first-order chi connectivity index (χ1) is 12.6. The quantitative estimate of drug-likeness (QED) is 0.751. The average molecular weight is 351 g/mol. The SMILES string of the molecule is NC(=O)c1ccc(-c2ccc(CN3CCOCC3=O)cc2)n2ncnc12. The number of carbonyl (C=O) groups excluding carboxylic acids is 2. The van der Waals surface area contributed by atoms with Crippen LogP contribution in [-0.4, -0.2) is 51.1 Å². The Bertz CT molecular complexity index is 980. The van der Waals surface area contributed by atoms with Gasteiger partial charge in [0, 0.05) is 18.7 Å². The molecule has 0 aliphatic carbocycles. The second-order valence-electron chi connectivity index (χ2n) is 6.06. The van der Waals surface area contributed by atoms with Crippen molar-refractivity contribution in [1.82, 2.24) is 19.5 Å². The summed E-state index contributed by atoms with van der Waals surface area (Å²) < 4.78 is 6.74. The Morgan fingerprint density at radius 1 is 1.19 bits per heavy atom. The van der Waals surface area contributed by atoms with Crippen LogP contribution in [0, 0.1) is 0 Å². The summed E-state index contributed by atoms with van der Waals surface area (Å²) in [7, 11) is 0. The van der Waals surface area contributed by atoms with Crippen LogP contribution in [-0.2, 0) is 16.1 Å². The van der Waals surface area contributed by atoms with Crippen LogP contribution in [0.5, 0.6) is 0 Å². The maximum atomic E-state index is 11.8. The molecule has 1 aliphatic heterocycles. The monoisotopic (exact) mass is 351 g/mol. The number of amides is 2. The van der Waals surface area contributed by atoms with Crippen molar-refractivity contribution in [3.8, 4) is 11.3 Å². The molecule has 8 heteroatoms. The third kappa shape index (κ3) is 2.91. The molecule has 0 radical (unpaired) electrons. The number of aromatic nitrogens is 3. The van der Waals surface area contributed by atoms with Crippen LogP contribution >= 0.6 is 0 Å². The Kier molecular flexibility index (Phi) is 4.10. The van der Waals surface area contributed by atoms with E-state index in [-0.39, 0.29) is 12.5 Å². The summed E-state index contributed by atoms with van der Waals surface area (Å²) in [5, 5.41) is 4.20. The zero-order valence-electron chi connectivity index (χ0n) is 14.0. The van der Waals surface area contributed by atoms with Crippen molar-refractivity contribution in [3.05, 3.63) is 53.9 Å². The molecule has 1 aromatic carbocycles. The van der Waals surface area contributed by atoms with Crippen LogP contribution in [0.2, 0.25) is 0 Å². The molecule has 0 bridgehead atoms. The minimum absolute atomic E-state index is 0.00620. The number of rotatable bonds is 4. The van der Waals surface area contributed by atoms with E-state index < -0.39 is 5.91 Å². The molecule has 1 aliphatic rings. The van der Waals surface area contributed by atoms with E-state index in [0.29, 0.717) is 30.9 Å². The molecule has 2 amide bonds. The fourth-order valence-electron chi connectivity index (χ4n) is 3.04. The lowest BCUT2D eigenvalue weighted by Gasteiger charge is -2.26. The normalized spacial score (nSPS) is 14.8. The van der Waals surface area contributed by atoms with Gasteiger partial charge in [-0.15, -0.1) is 0 Å². The summed E-state index contributed by atoms with van der Waals surface area (Å²) in [5.74, 6) is -0.535. The minimum atomic E-state index is -0.542. The number of nitrogens with zero attached hydrogens (tertiary/aromatic N) is 4. The maximum Gasteiger partial charge on any atom is 0.252 e. The minimum Gasteiger partial charge on any atom is -0.370 e. The average Bonchev–Trinajstić information content (AvgIpc) is 3.13. The molecule has 0 saturated carbocycles. The molecule has 1 saturated heterocycles. The third-order valence-corrected chi connectivity index (χ3v) is 4.40. The van der Waals surface area contributed by atoms with E-state index >= 15 is 0 Å². The summed E-state index contributed by atoms with van der Waals surface area (Å²) in [6, 6.07) is 11.3. The van der Waals surface area contributed by atoms with Gasteiger partial charge in [0.15, 0.2) is 5.65 Å². The molecule has 3 heterocycles. The number of pyridine rings is 1. The molecule has 2 aromatic heterocycles. The van der Waals surface area contributed by atoms with Gasteiger partial charge >= 0.3 is 0 Å². The van der Waals surface area contributed by atoms with Gasteiger partial charge in [0.25, 0.3) is 5.91 Å². The Balaban J connectivity index is 1.62. The number of morpholine rings is 1. The highest BCUT2D eigenvalue weighted by atomic mass is 16.5. The highest BCUT2D eigenvalue weighted by Gasteiger charge is 2.18. The van der Waals surface area contributed by atoms with Crippen LogP contribution in [0.3, 0.4) is 0 Å². The highest BCUT2D eigenvalue weighted by Crippen LogP contribution is 2.22. The van der Waals surface area contributed by atoms with Crippen LogP contribution < -0.4 is 5.73 Å². The van der Waals surface area contributed by atoms with Crippen LogP contribution in [0.1, 0.15) is 15.9 Å². The van der Waals surface area contributed by atoms with Crippen molar-refractivity contribution >= 4 is 17.5 Å². The Morgan fingerprint density at radius 3 is 2.73 bits per heavy atom. The zero-order valence-corrected chi connectivity index (χ0v) is 14.0. The van der Waals surface area contributed by atoms with Gasteiger partial charge in [0.1, 0.15) is 12.9 Å². The van der Waals surface area contributed by atoms with Gasteiger partial charge in [-0.05, 0) is 17.7 Å². The number of benzene rings is 1. The van der Waals surface area contributed by atoms with Gasteiger partial charge in [0.2, 0.25) is 5.91 Å². The first-order valence-electron chi connectivity index (χ1n) is 8.21. The van der Waals surface area contributed by atoms with Crippen molar-refractivity contribution in [3.63, 3.8) is 0 Å². The summed E-state index contributed by atoms with van der Waals surface area (Å²) in [4.78, 5) is 29.3. The molecule has 3 aromatic rings. The van der Waals surface area contributed by atoms with E-state index in [0.717, 1.165) is 16.8 Å². The Labute approximate surface area is 149 Å². The summed E-state index contributed by atoms with van der Waals surface area (Å²) >= 11 is 0. The van der Waals surface area contributed by atoms with Crippen LogP contribution in [0.15, 0.2) is 42.7 Å². The second-order valence-corrected chi connectivity index (χ2v) is 6.06. The van der Waals surface area contributed by atoms with Crippen molar-refractivity contribution < 1.29 is 14.3 Å². The van der Waals surface area contributed by atoms with Crippen LogP contribution in [0.4, 0.5) is 0 Å². The largest absolute Gasteiger partial charge is 0.370 e. The van der Waals surface area contributed by atoms with E-state index in [1.54, 1.807) is 21.5 Å². The molecular weight excluding hydrogens is 334 g/mol. The Morgan fingerprint density at radius 2 is 2.00 bits per heavy atom. The molecule has 0 unspecified atom stereocenters. The molecule has 0 spiro atoms. The van der Waals surface area contributed by atoms with Gasteiger partial charge < -0.3 is 15.4 Å². The van der Waals surface area contributed by atoms with E-state index in [4.69, 9.17) is 10.5 Å². The van der Waals surface area contributed by atoms with Gasteiger partial charge in [-0.1, -0.05) is 24.3 Å². The smallest absolute Gasteiger partial charge is 0.252 e. The number of primary amides is 1. The number of nitrogens with two attached hydrogens (primary N) is 1. The highest BCUT2D eigenvalue weighted by molar-refractivity contribution is 5.99. The lowest BCUT2D eigenvalue weighted by atomic mass is 10.1. The number of carbonyl (C=O) groups is 2. The van der Waals surface area contributed by atoms with Gasteiger partial charge in [-0.2, -0.15) is 5.10 Å². The van der Waals surface area contributed by atoms with Crippen molar-refractivity contribution in [2.24, 2.45) is 5.73 Å². The summed E-state index contributed by atoms with van der Waals surface area (Å²) in [6.45, 7) is 1.88. The second kappa shape index (κ2) is 6.57. The molecule has 26 heavy (non-hydrogen) atoms. The number of hydrogen-bond acceptors (Lipinski definition) is 5. The molecular formula is C18H17N5O3. The van der Waals surface area contributed by atoms with Gasteiger partial charge in [-0.3, -0.25) is 9.59 Å². The fourth-order valence-corrected chi connectivity index (χ4v) is 3.04. The lowest BCUT2D eigenvalue weighted by molar-refractivity contribution is -0.143. The molecule has 1 fully saturated rings. The first kappa shape index (κ1) is 16.2. The van der Waals surface area contributed by atoms with Crippen LogP contribution in [0.25, 0.3) is 16.9 Å². The van der Waals surface area contributed by atoms with Crippen molar-refractivity contribution in [2.45, 2.75) is 6.54 Å². The standard InChI is InChI=1S/C18H17N5O3/c19-17(25)14-5-6-15(23-18(14)20-11-21-23)13-3-1-12(2-4-13)9-22-7-8-26-10-16(22)24/h1-6,11H,7-10H2,(H2,19,25). The third-order valence-electron chi connectivity index (χ3n) is 4.40. The molecule has 4 rings (SSSR count). The molecule has 0 atom stereocenters. The summed E-state index contributed by atoms with van der Waals surface area (Å²) in [5.41, 5.74) is 8.90. The molecule has 8 nitrogen and oxygen atoms in total. The number of fused-ring (bicyclic) bond motifs is 1. The first-order valence-corrected chi connectivity index (χ1v) is 8.21. The predicted molar refractivity (Wildman–Crippen MR) is 93.2 cm³/mol. The maximum absolute atomic E-state index is 11.8. The zero-order chi connectivity index (χ0) is 18.1.